The standard InChI is InChI=1S/C20H24N2O3S/c1-14-5-6-15(2)18(12-14)26-13-19(23)21-16-7-9-22(10-8-16)20(24)17-4-3-11-25-17/h3-6,11-12,16H,7-10,13H2,1-2H3,(H,21,23). The lowest BCUT2D eigenvalue weighted by atomic mass is 10.0. The van der Waals surface area contributed by atoms with Crippen LogP contribution in [0.4, 0.5) is 0 Å². The maximum atomic E-state index is 12.3. The zero-order valence-electron chi connectivity index (χ0n) is 15.2. The summed E-state index contributed by atoms with van der Waals surface area (Å²) >= 11 is 1.57. The molecule has 1 N–H and O–H groups in total. The molecule has 2 heterocycles. The predicted octanol–water partition coefficient (Wildman–Crippen LogP) is 3.41. The van der Waals surface area contributed by atoms with Gasteiger partial charge in [0.05, 0.1) is 12.0 Å². The van der Waals surface area contributed by atoms with Crippen molar-refractivity contribution in [3.63, 3.8) is 0 Å². The molecule has 2 aromatic rings. The van der Waals surface area contributed by atoms with E-state index in [1.165, 1.54) is 17.4 Å². The van der Waals surface area contributed by atoms with Crippen LogP contribution in [0.5, 0.6) is 0 Å². The van der Waals surface area contributed by atoms with E-state index < -0.39 is 0 Å². The second-order valence-corrected chi connectivity index (χ2v) is 7.69. The zero-order chi connectivity index (χ0) is 18.5. The molecule has 1 aromatic heterocycles. The largest absolute Gasteiger partial charge is 0.459 e. The molecule has 2 amide bonds. The SMILES string of the molecule is Cc1ccc(C)c(SCC(=O)NC2CCN(C(=O)c3ccco3)CC2)c1. The van der Waals surface area contributed by atoms with Gasteiger partial charge in [-0.3, -0.25) is 9.59 Å². The third-order valence-corrected chi connectivity index (χ3v) is 5.74. The molecule has 1 aliphatic rings. The third-order valence-electron chi connectivity index (χ3n) is 4.58. The Labute approximate surface area is 158 Å². The molecule has 0 atom stereocenters. The lowest BCUT2D eigenvalue weighted by Gasteiger charge is -2.31. The molecule has 0 unspecified atom stereocenters. The number of likely N-dealkylation sites (tertiary alicyclic amines) is 1. The van der Waals surface area contributed by atoms with Gasteiger partial charge < -0.3 is 14.6 Å². The molecule has 1 saturated heterocycles. The lowest BCUT2D eigenvalue weighted by molar-refractivity contribution is -0.119. The van der Waals surface area contributed by atoms with Crippen LogP contribution in [0.2, 0.25) is 0 Å². The van der Waals surface area contributed by atoms with E-state index in [0.29, 0.717) is 24.6 Å². The van der Waals surface area contributed by atoms with Gasteiger partial charge in [0.2, 0.25) is 5.91 Å². The minimum Gasteiger partial charge on any atom is -0.459 e. The first-order valence-corrected chi connectivity index (χ1v) is 9.83. The maximum absolute atomic E-state index is 12.3. The van der Waals surface area contributed by atoms with Crippen molar-refractivity contribution in [3.8, 4) is 0 Å². The Kier molecular flexibility index (Phi) is 6.04. The Morgan fingerprint density at radius 1 is 1.23 bits per heavy atom. The van der Waals surface area contributed by atoms with E-state index in [2.05, 4.69) is 37.4 Å². The van der Waals surface area contributed by atoms with Crippen molar-refractivity contribution in [2.75, 3.05) is 18.8 Å². The highest BCUT2D eigenvalue weighted by Crippen LogP contribution is 2.23. The smallest absolute Gasteiger partial charge is 0.289 e. The van der Waals surface area contributed by atoms with Gasteiger partial charge in [-0.2, -0.15) is 0 Å². The van der Waals surface area contributed by atoms with E-state index in [9.17, 15) is 9.59 Å². The average Bonchev–Trinajstić information content (AvgIpc) is 3.17. The summed E-state index contributed by atoms with van der Waals surface area (Å²) < 4.78 is 5.17. The fourth-order valence-electron chi connectivity index (χ4n) is 3.06. The molecule has 0 spiro atoms. The van der Waals surface area contributed by atoms with Crippen LogP contribution in [0.1, 0.15) is 34.5 Å². The van der Waals surface area contributed by atoms with Gasteiger partial charge in [-0.05, 0) is 50.5 Å². The number of carbonyl (C=O) groups is 2. The summed E-state index contributed by atoms with van der Waals surface area (Å²) in [6, 6.07) is 9.81. The van der Waals surface area contributed by atoms with Gasteiger partial charge in [0.1, 0.15) is 0 Å². The lowest BCUT2D eigenvalue weighted by Crippen LogP contribution is -2.46. The van der Waals surface area contributed by atoms with E-state index in [1.807, 2.05) is 0 Å². The van der Waals surface area contributed by atoms with Crippen LogP contribution < -0.4 is 5.32 Å². The van der Waals surface area contributed by atoms with Crippen LogP contribution in [-0.4, -0.2) is 41.6 Å². The number of aryl methyl sites for hydroxylation is 2. The highest BCUT2D eigenvalue weighted by atomic mass is 32.2. The quantitative estimate of drug-likeness (QED) is 0.817. The Morgan fingerprint density at radius 2 is 2.00 bits per heavy atom. The highest BCUT2D eigenvalue weighted by molar-refractivity contribution is 8.00. The number of rotatable bonds is 5. The van der Waals surface area contributed by atoms with E-state index >= 15 is 0 Å². The van der Waals surface area contributed by atoms with E-state index in [0.717, 1.165) is 17.7 Å². The van der Waals surface area contributed by atoms with Crippen molar-refractivity contribution < 1.29 is 14.0 Å². The maximum Gasteiger partial charge on any atom is 0.289 e. The van der Waals surface area contributed by atoms with Gasteiger partial charge in [0, 0.05) is 24.0 Å². The normalized spacial score (nSPS) is 15.1. The molecule has 0 bridgehead atoms. The highest BCUT2D eigenvalue weighted by Gasteiger charge is 2.25. The average molecular weight is 372 g/mol. The molecular formula is C20H24N2O3S. The van der Waals surface area contributed by atoms with Crippen molar-refractivity contribution in [1.29, 1.82) is 0 Å². The summed E-state index contributed by atoms with van der Waals surface area (Å²) in [4.78, 5) is 27.4. The predicted molar refractivity (Wildman–Crippen MR) is 102 cm³/mol. The molecule has 1 aliphatic heterocycles. The molecule has 138 valence electrons. The fourth-order valence-corrected chi connectivity index (χ4v) is 3.99. The first-order valence-electron chi connectivity index (χ1n) is 8.85. The second-order valence-electron chi connectivity index (χ2n) is 6.67. The summed E-state index contributed by atoms with van der Waals surface area (Å²) in [7, 11) is 0. The number of benzene rings is 1. The van der Waals surface area contributed by atoms with E-state index in [1.54, 1.807) is 28.8 Å². The zero-order valence-corrected chi connectivity index (χ0v) is 16.0. The number of thioether (sulfide) groups is 1. The van der Waals surface area contributed by atoms with E-state index in [-0.39, 0.29) is 17.9 Å². The summed E-state index contributed by atoms with van der Waals surface area (Å²) in [5.41, 5.74) is 2.39. The number of nitrogens with one attached hydrogen (secondary N) is 1. The van der Waals surface area contributed by atoms with Gasteiger partial charge >= 0.3 is 0 Å². The molecule has 3 rings (SSSR count). The summed E-state index contributed by atoms with van der Waals surface area (Å²) in [6.07, 6.45) is 3.05. The molecular weight excluding hydrogens is 348 g/mol. The van der Waals surface area contributed by atoms with E-state index in [4.69, 9.17) is 4.42 Å². The van der Waals surface area contributed by atoms with Gasteiger partial charge in [0.15, 0.2) is 5.76 Å². The molecule has 1 aromatic carbocycles. The monoisotopic (exact) mass is 372 g/mol. The Bertz CT molecular complexity index is 765. The molecule has 0 aliphatic carbocycles. The van der Waals surface area contributed by atoms with Crippen LogP contribution >= 0.6 is 11.8 Å². The van der Waals surface area contributed by atoms with Crippen molar-refractivity contribution in [3.05, 3.63) is 53.5 Å². The first kappa shape index (κ1) is 18.6. The number of furan rings is 1. The minimum absolute atomic E-state index is 0.0479. The van der Waals surface area contributed by atoms with Crippen molar-refractivity contribution in [2.45, 2.75) is 37.6 Å². The third kappa shape index (κ3) is 4.69. The molecule has 0 radical (unpaired) electrons. The number of piperidine rings is 1. The van der Waals surface area contributed by atoms with Crippen LogP contribution in [0.25, 0.3) is 0 Å². The van der Waals surface area contributed by atoms with Gasteiger partial charge in [-0.15, -0.1) is 11.8 Å². The van der Waals surface area contributed by atoms with Crippen LogP contribution in [0.3, 0.4) is 0 Å². The first-order chi connectivity index (χ1) is 12.5. The molecule has 26 heavy (non-hydrogen) atoms. The van der Waals surface area contributed by atoms with Crippen LogP contribution in [0.15, 0.2) is 45.9 Å². The second kappa shape index (κ2) is 8.45. The number of nitrogens with zero attached hydrogens (tertiary/aromatic N) is 1. The number of hydrogen-bond donors (Lipinski definition) is 1. The number of amides is 2. The summed E-state index contributed by atoms with van der Waals surface area (Å²) in [6.45, 7) is 5.38. The topological polar surface area (TPSA) is 62.6 Å². The summed E-state index contributed by atoms with van der Waals surface area (Å²) in [5, 5.41) is 3.10. The Morgan fingerprint density at radius 3 is 2.69 bits per heavy atom. The summed E-state index contributed by atoms with van der Waals surface area (Å²) in [5.74, 6) is 0.755. The van der Waals surface area contributed by atoms with Crippen LogP contribution in [-0.2, 0) is 4.79 Å². The van der Waals surface area contributed by atoms with Crippen molar-refractivity contribution in [1.82, 2.24) is 10.2 Å². The Hall–Kier alpha value is -2.21. The minimum atomic E-state index is -0.0785. The fraction of sp³-hybridized carbons (Fsp3) is 0.400. The number of carbonyl (C=O) groups excluding carboxylic acids is 2. The Balaban J connectivity index is 1.43. The molecule has 6 heteroatoms. The van der Waals surface area contributed by atoms with Crippen molar-refractivity contribution in [2.24, 2.45) is 0 Å². The van der Waals surface area contributed by atoms with Gasteiger partial charge in [-0.1, -0.05) is 17.7 Å². The van der Waals surface area contributed by atoms with Gasteiger partial charge in [0.25, 0.3) is 5.91 Å². The molecule has 5 nitrogen and oxygen atoms in total. The molecule has 1 fully saturated rings. The number of hydrogen-bond acceptors (Lipinski definition) is 4. The van der Waals surface area contributed by atoms with Crippen molar-refractivity contribution >= 4 is 23.6 Å². The van der Waals surface area contributed by atoms with Gasteiger partial charge in [-0.25, -0.2) is 0 Å². The molecule has 0 saturated carbocycles. The van der Waals surface area contributed by atoms with Crippen LogP contribution in [0, 0.1) is 13.8 Å².